The number of aryl methyl sites for hydroxylation is 1. The Morgan fingerprint density at radius 3 is 2.74 bits per heavy atom. The third-order valence-electron chi connectivity index (χ3n) is 5.08. The number of anilines is 2. The predicted molar refractivity (Wildman–Crippen MR) is 95.3 cm³/mol. The second-order valence-electron chi connectivity index (χ2n) is 6.85. The zero-order chi connectivity index (χ0) is 19.0. The van der Waals surface area contributed by atoms with Gasteiger partial charge in [-0.3, -0.25) is 14.5 Å². The fourth-order valence-electron chi connectivity index (χ4n) is 3.85. The Morgan fingerprint density at radius 1 is 1.30 bits per heavy atom. The van der Waals surface area contributed by atoms with Crippen molar-refractivity contribution in [2.75, 3.05) is 16.8 Å². The number of carbonyl (C=O) groups excluding carboxylic acids is 3. The first kappa shape index (κ1) is 17.3. The van der Waals surface area contributed by atoms with Crippen molar-refractivity contribution in [3.05, 3.63) is 41.8 Å². The van der Waals surface area contributed by atoms with E-state index in [0.717, 1.165) is 12.8 Å². The number of nitrogens with one attached hydrogen (secondary N) is 1. The quantitative estimate of drug-likeness (QED) is 0.834. The molecule has 0 bridgehead atoms. The molecular formula is C19H19N3O5. The summed E-state index contributed by atoms with van der Waals surface area (Å²) in [6, 6.07) is 8.57. The van der Waals surface area contributed by atoms with Crippen LogP contribution in [0.1, 0.15) is 41.9 Å². The number of fused-ring (bicyclic) bond motifs is 1. The summed E-state index contributed by atoms with van der Waals surface area (Å²) in [6.45, 7) is 1.19. The van der Waals surface area contributed by atoms with Gasteiger partial charge in [-0.25, -0.2) is 4.79 Å². The summed E-state index contributed by atoms with van der Waals surface area (Å²) in [6.07, 6.45) is 2.87. The van der Waals surface area contributed by atoms with Gasteiger partial charge in [0.1, 0.15) is 5.54 Å². The molecule has 0 saturated heterocycles. The first-order valence-electron chi connectivity index (χ1n) is 8.85. The summed E-state index contributed by atoms with van der Waals surface area (Å²) in [4.78, 5) is 39.4. The van der Waals surface area contributed by atoms with Crippen molar-refractivity contribution >= 4 is 29.2 Å². The molecule has 1 aromatic carbocycles. The SMILES string of the molecule is Cc1cc(C(=O)OCC(=O)N2c3ccccc3NC(=O)C23CCCC3)on1. The number of carbonyl (C=O) groups is 3. The third-order valence-corrected chi connectivity index (χ3v) is 5.08. The Balaban J connectivity index is 1.60. The Morgan fingerprint density at radius 2 is 2.04 bits per heavy atom. The van der Waals surface area contributed by atoms with Gasteiger partial charge in [0, 0.05) is 6.07 Å². The number of nitrogens with zero attached hydrogens (tertiary/aromatic N) is 2. The molecule has 27 heavy (non-hydrogen) atoms. The van der Waals surface area contributed by atoms with Gasteiger partial charge < -0.3 is 14.6 Å². The number of para-hydroxylation sites is 2. The third kappa shape index (κ3) is 2.87. The highest BCUT2D eigenvalue weighted by molar-refractivity contribution is 6.15. The van der Waals surface area contributed by atoms with Gasteiger partial charge in [0.15, 0.2) is 6.61 Å². The van der Waals surface area contributed by atoms with Crippen LogP contribution in [0.5, 0.6) is 0 Å². The van der Waals surface area contributed by atoms with Crippen LogP contribution in [0.4, 0.5) is 11.4 Å². The lowest BCUT2D eigenvalue weighted by atomic mass is 9.90. The molecular weight excluding hydrogens is 350 g/mol. The molecule has 8 heteroatoms. The molecule has 1 saturated carbocycles. The van der Waals surface area contributed by atoms with E-state index in [1.165, 1.54) is 11.0 Å². The number of benzene rings is 1. The Bertz CT molecular complexity index is 914. The van der Waals surface area contributed by atoms with Gasteiger partial charge in [-0.15, -0.1) is 0 Å². The van der Waals surface area contributed by atoms with Crippen molar-refractivity contribution in [1.82, 2.24) is 5.16 Å². The van der Waals surface area contributed by atoms with E-state index in [2.05, 4.69) is 10.5 Å². The first-order chi connectivity index (χ1) is 13.0. The smallest absolute Gasteiger partial charge is 0.377 e. The minimum absolute atomic E-state index is 0.0623. The van der Waals surface area contributed by atoms with Crippen molar-refractivity contribution < 1.29 is 23.6 Å². The van der Waals surface area contributed by atoms with Gasteiger partial charge >= 0.3 is 5.97 Å². The highest BCUT2D eigenvalue weighted by Gasteiger charge is 2.52. The van der Waals surface area contributed by atoms with Crippen molar-refractivity contribution in [3.63, 3.8) is 0 Å². The number of esters is 1. The van der Waals surface area contributed by atoms with Crippen LogP contribution in [0.15, 0.2) is 34.9 Å². The molecule has 0 unspecified atom stereocenters. The van der Waals surface area contributed by atoms with Crippen LogP contribution in [0.25, 0.3) is 0 Å². The average molecular weight is 369 g/mol. The lowest BCUT2D eigenvalue weighted by Crippen LogP contribution is -2.61. The summed E-state index contributed by atoms with van der Waals surface area (Å²) in [5.41, 5.74) is 0.807. The lowest BCUT2D eigenvalue weighted by Gasteiger charge is -2.44. The number of rotatable bonds is 3. The lowest BCUT2D eigenvalue weighted by molar-refractivity contribution is -0.129. The average Bonchev–Trinajstić information content (AvgIpc) is 3.31. The highest BCUT2D eigenvalue weighted by atomic mass is 16.6. The molecule has 1 aliphatic carbocycles. The number of hydrogen-bond acceptors (Lipinski definition) is 6. The molecule has 4 rings (SSSR count). The number of amides is 2. The van der Waals surface area contributed by atoms with E-state index in [1.807, 2.05) is 6.07 Å². The van der Waals surface area contributed by atoms with E-state index < -0.39 is 24.0 Å². The van der Waals surface area contributed by atoms with Crippen molar-refractivity contribution in [2.45, 2.75) is 38.1 Å². The van der Waals surface area contributed by atoms with Crippen LogP contribution in [0, 0.1) is 6.92 Å². The molecule has 1 spiro atoms. The Labute approximate surface area is 155 Å². The molecule has 8 nitrogen and oxygen atoms in total. The topological polar surface area (TPSA) is 102 Å². The zero-order valence-corrected chi connectivity index (χ0v) is 14.9. The largest absolute Gasteiger partial charge is 0.450 e. The summed E-state index contributed by atoms with van der Waals surface area (Å²) in [7, 11) is 0. The van der Waals surface area contributed by atoms with Gasteiger partial charge in [0.05, 0.1) is 17.1 Å². The molecule has 140 valence electrons. The first-order valence-corrected chi connectivity index (χ1v) is 8.85. The van der Waals surface area contributed by atoms with Gasteiger partial charge in [-0.1, -0.05) is 30.1 Å². The maximum Gasteiger partial charge on any atom is 0.377 e. The van der Waals surface area contributed by atoms with E-state index in [0.29, 0.717) is 29.9 Å². The molecule has 2 heterocycles. The molecule has 1 N–H and O–H groups in total. The molecule has 2 aliphatic rings. The van der Waals surface area contributed by atoms with Crippen molar-refractivity contribution in [1.29, 1.82) is 0 Å². The molecule has 1 aliphatic heterocycles. The normalized spacial score (nSPS) is 17.5. The minimum Gasteiger partial charge on any atom is -0.450 e. The van der Waals surface area contributed by atoms with Crippen molar-refractivity contribution in [2.24, 2.45) is 0 Å². The van der Waals surface area contributed by atoms with Crippen LogP contribution in [-0.4, -0.2) is 35.1 Å². The van der Waals surface area contributed by atoms with E-state index >= 15 is 0 Å². The van der Waals surface area contributed by atoms with Gasteiger partial charge in [0.25, 0.3) is 11.8 Å². The maximum absolute atomic E-state index is 13.0. The highest BCUT2D eigenvalue weighted by Crippen LogP contribution is 2.45. The molecule has 2 aromatic rings. The molecule has 1 aromatic heterocycles. The molecule has 1 fully saturated rings. The zero-order valence-electron chi connectivity index (χ0n) is 14.9. The molecule has 0 atom stereocenters. The van der Waals surface area contributed by atoms with E-state index in [9.17, 15) is 14.4 Å². The van der Waals surface area contributed by atoms with Crippen LogP contribution in [0.3, 0.4) is 0 Å². The maximum atomic E-state index is 13.0. The second kappa shape index (κ2) is 6.53. The predicted octanol–water partition coefficient (Wildman–Crippen LogP) is 2.44. The fourth-order valence-corrected chi connectivity index (χ4v) is 3.85. The van der Waals surface area contributed by atoms with Crippen LogP contribution >= 0.6 is 0 Å². The Hall–Kier alpha value is -3.16. The van der Waals surface area contributed by atoms with Gasteiger partial charge in [-0.05, 0) is 31.9 Å². The number of hydrogen-bond donors (Lipinski definition) is 1. The van der Waals surface area contributed by atoms with E-state index in [-0.39, 0.29) is 11.7 Å². The minimum atomic E-state index is -0.930. The summed E-state index contributed by atoms with van der Waals surface area (Å²) in [5.74, 6) is -1.46. The molecule has 2 amide bonds. The summed E-state index contributed by atoms with van der Waals surface area (Å²) < 4.78 is 9.97. The molecule has 0 radical (unpaired) electrons. The van der Waals surface area contributed by atoms with E-state index in [1.54, 1.807) is 25.1 Å². The van der Waals surface area contributed by atoms with Crippen LogP contribution in [0.2, 0.25) is 0 Å². The van der Waals surface area contributed by atoms with Crippen molar-refractivity contribution in [3.8, 4) is 0 Å². The second-order valence-corrected chi connectivity index (χ2v) is 6.85. The summed E-state index contributed by atoms with van der Waals surface area (Å²) >= 11 is 0. The Kier molecular flexibility index (Phi) is 4.18. The van der Waals surface area contributed by atoms with Gasteiger partial charge in [0.2, 0.25) is 5.76 Å². The standard InChI is InChI=1S/C19H19N3O5/c1-12-10-15(27-21-12)17(24)26-11-16(23)22-14-7-3-2-6-13(14)20-18(25)19(22)8-4-5-9-19/h2-3,6-7,10H,4-5,8-9,11H2,1H3,(H,20,25). The summed E-state index contributed by atoms with van der Waals surface area (Å²) in [5, 5.41) is 6.54. The van der Waals surface area contributed by atoms with Crippen LogP contribution < -0.4 is 10.2 Å². The number of ether oxygens (including phenoxy) is 1. The monoisotopic (exact) mass is 369 g/mol. The van der Waals surface area contributed by atoms with Gasteiger partial charge in [-0.2, -0.15) is 0 Å². The number of aromatic nitrogens is 1. The van der Waals surface area contributed by atoms with E-state index in [4.69, 9.17) is 9.26 Å². The van der Waals surface area contributed by atoms with Crippen LogP contribution in [-0.2, 0) is 14.3 Å². The fraction of sp³-hybridized carbons (Fsp3) is 0.368.